The highest BCUT2D eigenvalue weighted by Crippen LogP contribution is 2.06. The fraction of sp³-hybridized carbons (Fsp3) is 0.286. The fourth-order valence-corrected chi connectivity index (χ4v) is 2.59. The van der Waals surface area contributed by atoms with E-state index < -0.39 is 35.9 Å². The molecule has 0 aliphatic carbocycles. The molecule has 30 heavy (non-hydrogen) atoms. The first-order chi connectivity index (χ1) is 14.3. The van der Waals surface area contributed by atoms with Crippen LogP contribution in [0.2, 0.25) is 0 Å². The van der Waals surface area contributed by atoms with Gasteiger partial charge in [0.05, 0.1) is 12.5 Å². The van der Waals surface area contributed by atoms with Crippen LogP contribution < -0.4 is 16.4 Å². The summed E-state index contributed by atoms with van der Waals surface area (Å²) in [6.07, 6.45) is -2.19. The Kier molecular flexibility index (Phi) is 8.76. The number of rotatable bonds is 10. The molecule has 160 valence electrons. The molecule has 9 heteroatoms. The monoisotopic (exact) mass is 417 g/mol. The zero-order chi connectivity index (χ0) is 21.9. The largest absolute Gasteiger partial charge is 0.445 e. The molecule has 0 radical (unpaired) electrons. The van der Waals surface area contributed by atoms with E-state index in [1.807, 2.05) is 18.2 Å². The molecular formula is C21H24FN3O5. The molecule has 8 nitrogen and oxygen atoms in total. The highest BCUT2D eigenvalue weighted by molar-refractivity contribution is 5.87. The van der Waals surface area contributed by atoms with E-state index in [2.05, 4.69) is 10.6 Å². The van der Waals surface area contributed by atoms with Crippen LogP contribution in [0.4, 0.5) is 9.18 Å². The molecule has 0 saturated heterocycles. The van der Waals surface area contributed by atoms with Crippen LogP contribution in [-0.2, 0) is 27.4 Å². The maximum Gasteiger partial charge on any atom is 0.407 e. The number of amides is 3. The van der Waals surface area contributed by atoms with Gasteiger partial charge in [-0.25, -0.2) is 9.18 Å². The predicted octanol–water partition coefficient (Wildman–Crippen LogP) is 1.02. The summed E-state index contributed by atoms with van der Waals surface area (Å²) in [5, 5.41) is 14.7. The van der Waals surface area contributed by atoms with Crippen molar-refractivity contribution in [2.24, 2.45) is 5.73 Å². The van der Waals surface area contributed by atoms with Crippen LogP contribution >= 0.6 is 0 Å². The number of nitrogens with one attached hydrogen (secondary N) is 2. The molecule has 3 amide bonds. The van der Waals surface area contributed by atoms with Gasteiger partial charge in [-0.15, -0.1) is 0 Å². The average molecular weight is 417 g/mol. The quantitative estimate of drug-likeness (QED) is 0.458. The van der Waals surface area contributed by atoms with E-state index in [1.54, 1.807) is 12.1 Å². The topological polar surface area (TPSA) is 131 Å². The number of alkyl carbamates (subject to hydrolysis) is 1. The minimum Gasteiger partial charge on any atom is -0.445 e. The summed E-state index contributed by atoms with van der Waals surface area (Å²) in [4.78, 5) is 35.3. The molecule has 2 aromatic carbocycles. The summed E-state index contributed by atoms with van der Waals surface area (Å²) in [5.41, 5.74) is 6.74. The summed E-state index contributed by atoms with van der Waals surface area (Å²) < 4.78 is 18.0. The van der Waals surface area contributed by atoms with E-state index in [1.165, 1.54) is 24.3 Å². The smallest absolute Gasteiger partial charge is 0.407 e. The normalized spacial score (nSPS) is 12.5. The number of ether oxygens (including phenoxy) is 1. The Morgan fingerprint density at radius 2 is 1.70 bits per heavy atom. The van der Waals surface area contributed by atoms with Crippen LogP contribution in [-0.4, -0.2) is 41.7 Å². The van der Waals surface area contributed by atoms with Gasteiger partial charge in [0.2, 0.25) is 11.8 Å². The number of primary amides is 1. The molecule has 2 aromatic rings. The lowest BCUT2D eigenvalue weighted by molar-refractivity contribution is -0.128. The fourth-order valence-electron chi connectivity index (χ4n) is 2.59. The Hall–Kier alpha value is -3.46. The molecule has 0 aromatic heterocycles. The van der Waals surface area contributed by atoms with Gasteiger partial charge in [0.1, 0.15) is 18.5 Å². The van der Waals surface area contributed by atoms with Gasteiger partial charge in [-0.1, -0.05) is 42.5 Å². The Morgan fingerprint density at radius 3 is 2.33 bits per heavy atom. The molecule has 0 aliphatic rings. The second-order valence-corrected chi connectivity index (χ2v) is 6.65. The molecule has 0 aliphatic heterocycles. The third kappa shape index (κ3) is 8.27. The van der Waals surface area contributed by atoms with Crippen LogP contribution in [0.15, 0.2) is 54.6 Å². The van der Waals surface area contributed by atoms with Crippen molar-refractivity contribution in [3.8, 4) is 0 Å². The number of hydrogen-bond donors (Lipinski definition) is 4. The van der Waals surface area contributed by atoms with Gasteiger partial charge < -0.3 is 26.2 Å². The minimum absolute atomic E-state index is 0.0763. The Balaban J connectivity index is 1.73. The molecule has 0 bridgehead atoms. The second kappa shape index (κ2) is 11.5. The Labute approximate surface area is 173 Å². The van der Waals surface area contributed by atoms with E-state index in [0.717, 1.165) is 5.56 Å². The van der Waals surface area contributed by atoms with Crippen molar-refractivity contribution in [2.75, 3.05) is 6.54 Å². The van der Waals surface area contributed by atoms with E-state index in [4.69, 9.17) is 10.5 Å². The standard InChI is InChI=1S/C21H24FN3O5/c22-16-8-6-14(7-9-16)10-18(20(23)28)25-19(27)11-17(26)12-24-21(29)30-13-15-4-2-1-3-5-15/h1-9,17-18,26H,10-13H2,(H2,23,28)(H,24,29)(H,25,27)/t17-,18+/m0/s1. The molecular weight excluding hydrogens is 393 g/mol. The molecule has 0 saturated carbocycles. The number of halogens is 1. The summed E-state index contributed by atoms with van der Waals surface area (Å²) in [6.45, 7) is -0.132. The first-order valence-corrected chi connectivity index (χ1v) is 9.29. The number of hydrogen-bond acceptors (Lipinski definition) is 5. The second-order valence-electron chi connectivity index (χ2n) is 6.65. The minimum atomic E-state index is -1.19. The van der Waals surface area contributed by atoms with Gasteiger partial charge in [-0.2, -0.15) is 0 Å². The molecule has 0 fully saturated rings. The number of aliphatic hydroxyl groups excluding tert-OH is 1. The third-order valence-electron chi connectivity index (χ3n) is 4.15. The van der Waals surface area contributed by atoms with Crippen molar-refractivity contribution in [2.45, 2.75) is 31.6 Å². The SMILES string of the molecule is NC(=O)[C@@H](Cc1ccc(F)cc1)NC(=O)C[C@H](O)CNC(=O)OCc1ccccc1. The average Bonchev–Trinajstić information content (AvgIpc) is 2.72. The van der Waals surface area contributed by atoms with Crippen molar-refractivity contribution < 1.29 is 28.6 Å². The number of benzene rings is 2. The van der Waals surface area contributed by atoms with Crippen molar-refractivity contribution in [3.05, 3.63) is 71.5 Å². The highest BCUT2D eigenvalue weighted by atomic mass is 19.1. The van der Waals surface area contributed by atoms with Gasteiger partial charge in [-0.05, 0) is 23.3 Å². The summed E-state index contributed by atoms with van der Waals surface area (Å²) in [7, 11) is 0. The number of nitrogens with two attached hydrogens (primary N) is 1. The van der Waals surface area contributed by atoms with Gasteiger partial charge >= 0.3 is 6.09 Å². The lowest BCUT2D eigenvalue weighted by atomic mass is 10.0. The lowest BCUT2D eigenvalue weighted by Crippen LogP contribution is -2.47. The van der Waals surface area contributed by atoms with Crippen LogP contribution in [0.5, 0.6) is 0 Å². The molecule has 2 atom stereocenters. The van der Waals surface area contributed by atoms with Crippen molar-refractivity contribution >= 4 is 17.9 Å². The van der Waals surface area contributed by atoms with Gasteiger partial charge in [-0.3, -0.25) is 9.59 Å². The first kappa shape index (κ1) is 22.8. The van der Waals surface area contributed by atoms with Crippen molar-refractivity contribution in [3.63, 3.8) is 0 Å². The van der Waals surface area contributed by atoms with Crippen molar-refractivity contribution in [1.29, 1.82) is 0 Å². The molecule has 0 unspecified atom stereocenters. The summed E-state index contributed by atoms with van der Waals surface area (Å²) >= 11 is 0. The highest BCUT2D eigenvalue weighted by Gasteiger charge is 2.21. The molecule has 2 rings (SSSR count). The van der Waals surface area contributed by atoms with Crippen LogP contribution in [0.25, 0.3) is 0 Å². The number of carbonyl (C=O) groups is 3. The summed E-state index contributed by atoms with van der Waals surface area (Å²) in [5.74, 6) is -1.80. The van der Waals surface area contributed by atoms with Crippen LogP contribution in [0.1, 0.15) is 17.5 Å². The predicted molar refractivity (Wildman–Crippen MR) is 106 cm³/mol. The van der Waals surface area contributed by atoms with Crippen LogP contribution in [0, 0.1) is 5.82 Å². The molecule has 0 heterocycles. The lowest BCUT2D eigenvalue weighted by Gasteiger charge is -2.17. The molecule has 5 N–H and O–H groups in total. The van der Waals surface area contributed by atoms with Crippen molar-refractivity contribution in [1.82, 2.24) is 10.6 Å². The number of carbonyl (C=O) groups excluding carboxylic acids is 3. The maximum atomic E-state index is 13.0. The van der Waals surface area contributed by atoms with Gasteiger partial charge in [0, 0.05) is 13.0 Å². The zero-order valence-electron chi connectivity index (χ0n) is 16.2. The maximum absolute atomic E-state index is 13.0. The van der Waals surface area contributed by atoms with E-state index in [0.29, 0.717) is 5.56 Å². The zero-order valence-corrected chi connectivity index (χ0v) is 16.2. The van der Waals surface area contributed by atoms with E-state index in [9.17, 15) is 23.9 Å². The Bertz CT molecular complexity index is 845. The van der Waals surface area contributed by atoms with Gasteiger partial charge in [0.25, 0.3) is 0 Å². The summed E-state index contributed by atoms with van der Waals surface area (Å²) in [6, 6.07) is 13.5. The van der Waals surface area contributed by atoms with Crippen LogP contribution in [0.3, 0.4) is 0 Å². The number of aliphatic hydroxyl groups is 1. The van der Waals surface area contributed by atoms with E-state index in [-0.39, 0.29) is 26.0 Å². The third-order valence-corrected chi connectivity index (χ3v) is 4.15. The Morgan fingerprint density at radius 1 is 1.03 bits per heavy atom. The van der Waals surface area contributed by atoms with E-state index >= 15 is 0 Å². The first-order valence-electron chi connectivity index (χ1n) is 9.29. The van der Waals surface area contributed by atoms with Gasteiger partial charge in [0.15, 0.2) is 0 Å². The molecule has 0 spiro atoms.